The molecule has 1 aliphatic carbocycles. The molecule has 0 amide bonds. The van der Waals surface area contributed by atoms with Gasteiger partial charge in [-0.1, -0.05) is 26.7 Å². The molecule has 12 heavy (non-hydrogen) atoms. The van der Waals surface area contributed by atoms with Crippen LogP contribution in [0.15, 0.2) is 0 Å². The lowest BCUT2D eigenvalue weighted by molar-refractivity contribution is 0.0608. The van der Waals surface area contributed by atoms with Crippen LogP contribution in [0.5, 0.6) is 0 Å². The molecule has 1 rings (SSSR count). The summed E-state index contributed by atoms with van der Waals surface area (Å²) in [6.07, 6.45) is 4.42. The van der Waals surface area contributed by atoms with E-state index >= 15 is 0 Å². The Morgan fingerprint density at radius 3 is 2.33 bits per heavy atom. The Kier molecular flexibility index (Phi) is 4.02. The molecule has 0 bridgehead atoms. The van der Waals surface area contributed by atoms with Crippen molar-refractivity contribution in [1.82, 2.24) is 5.32 Å². The molecule has 2 nitrogen and oxygen atoms in total. The standard InChI is InChI=1S/C10H21NO/c1-3-8(4-2)7-11-9-5-10(12)6-9/h8-12H,3-7H2,1-2H3. The van der Waals surface area contributed by atoms with Crippen molar-refractivity contribution < 1.29 is 5.11 Å². The van der Waals surface area contributed by atoms with Crippen molar-refractivity contribution in [2.45, 2.75) is 51.7 Å². The third-order valence-electron chi connectivity index (χ3n) is 2.96. The van der Waals surface area contributed by atoms with Gasteiger partial charge >= 0.3 is 0 Å². The van der Waals surface area contributed by atoms with Crippen molar-refractivity contribution in [2.24, 2.45) is 5.92 Å². The van der Waals surface area contributed by atoms with E-state index in [-0.39, 0.29) is 6.10 Å². The monoisotopic (exact) mass is 171 g/mol. The van der Waals surface area contributed by atoms with Crippen LogP contribution in [-0.2, 0) is 0 Å². The van der Waals surface area contributed by atoms with Gasteiger partial charge in [-0.05, 0) is 25.3 Å². The lowest BCUT2D eigenvalue weighted by Crippen LogP contribution is -2.45. The predicted molar refractivity (Wildman–Crippen MR) is 51.1 cm³/mol. The Morgan fingerprint density at radius 2 is 1.92 bits per heavy atom. The fourth-order valence-electron chi connectivity index (χ4n) is 1.67. The predicted octanol–water partition coefficient (Wildman–Crippen LogP) is 1.54. The molecule has 2 heteroatoms. The molecule has 0 aromatic carbocycles. The van der Waals surface area contributed by atoms with E-state index in [0.29, 0.717) is 6.04 Å². The van der Waals surface area contributed by atoms with Crippen molar-refractivity contribution in [1.29, 1.82) is 0 Å². The Hall–Kier alpha value is -0.0800. The molecule has 0 aromatic heterocycles. The van der Waals surface area contributed by atoms with Crippen molar-refractivity contribution in [3.63, 3.8) is 0 Å². The Balaban J connectivity index is 2.01. The number of aliphatic hydroxyl groups excluding tert-OH is 1. The maximum Gasteiger partial charge on any atom is 0.0570 e. The van der Waals surface area contributed by atoms with Crippen molar-refractivity contribution in [3.8, 4) is 0 Å². The molecule has 1 saturated carbocycles. The smallest absolute Gasteiger partial charge is 0.0570 e. The minimum Gasteiger partial charge on any atom is -0.393 e. The van der Waals surface area contributed by atoms with E-state index in [9.17, 15) is 0 Å². The Labute approximate surface area is 75.4 Å². The van der Waals surface area contributed by atoms with Gasteiger partial charge in [-0.15, -0.1) is 0 Å². The van der Waals surface area contributed by atoms with Crippen LogP contribution in [0.3, 0.4) is 0 Å². The molecule has 0 spiro atoms. The SMILES string of the molecule is CCC(CC)CNC1CC(O)C1. The van der Waals surface area contributed by atoms with Gasteiger partial charge < -0.3 is 10.4 Å². The van der Waals surface area contributed by atoms with E-state index in [2.05, 4.69) is 19.2 Å². The van der Waals surface area contributed by atoms with Gasteiger partial charge in [0.15, 0.2) is 0 Å². The number of rotatable bonds is 5. The summed E-state index contributed by atoms with van der Waals surface area (Å²) in [6, 6.07) is 0.598. The highest BCUT2D eigenvalue weighted by Gasteiger charge is 2.26. The molecule has 0 heterocycles. The maximum absolute atomic E-state index is 9.06. The van der Waals surface area contributed by atoms with Crippen LogP contribution in [0.1, 0.15) is 39.5 Å². The number of nitrogens with one attached hydrogen (secondary N) is 1. The van der Waals surface area contributed by atoms with Crippen molar-refractivity contribution in [2.75, 3.05) is 6.54 Å². The fourth-order valence-corrected chi connectivity index (χ4v) is 1.67. The molecule has 0 atom stereocenters. The van der Waals surface area contributed by atoms with Crippen LogP contribution in [0, 0.1) is 5.92 Å². The molecule has 72 valence electrons. The van der Waals surface area contributed by atoms with Gasteiger partial charge in [-0.3, -0.25) is 0 Å². The quantitative estimate of drug-likeness (QED) is 0.657. The highest BCUT2D eigenvalue weighted by Crippen LogP contribution is 2.19. The summed E-state index contributed by atoms with van der Waals surface area (Å²) >= 11 is 0. The third kappa shape index (κ3) is 2.76. The summed E-state index contributed by atoms with van der Waals surface area (Å²) in [4.78, 5) is 0. The van der Waals surface area contributed by atoms with E-state index in [1.54, 1.807) is 0 Å². The molecular weight excluding hydrogens is 150 g/mol. The second-order valence-corrected chi connectivity index (χ2v) is 3.91. The molecule has 0 aromatic rings. The summed E-state index contributed by atoms with van der Waals surface area (Å²) in [7, 11) is 0. The molecule has 1 aliphatic rings. The van der Waals surface area contributed by atoms with E-state index in [4.69, 9.17) is 5.11 Å². The largest absolute Gasteiger partial charge is 0.393 e. The van der Waals surface area contributed by atoms with Crippen LogP contribution in [-0.4, -0.2) is 23.8 Å². The van der Waals surface area contributed by atoms with Crippen LogP contribution in [0.25, 0.3) is 0 Å². The van der Waals surface area contributed by atoms with Crippen LogP contribution >= 0.6 is 0 Å². The summed E-state index contributed by atoms with van der Waals surface area (Å²) in [6.45, 7) is 5.61. The molecule has 1 fully saturated rings. The normalized spacial score (nSPS) is 29.0. The molecule has 2 N–H and O–H groups in total. The Bertz CT molecular complexity index is 117. The number of aliphatic hydroxyl groups is 1. The minimum absolute atomic E-state index is 0.0239. The molecule has 0 aliphatic heterocycles. The highest BCUT2D eigenvalue weighted by molar-refractivity contribution is 4.84. The zero-order valence-corrected chi connectivity index (χ0v) is 8.21. The average Bonchev–Trinajstić information content (AvgIpc) is 2.03. The molecular formula is C10H21NO. The first kappa shape index (κ1) is 10.0. The zero-order valence-electron chi connectivity index (χ0n) is 8.21. The van der Waals surface area contributed by atoms with E-state index in [0.717, 1.165) is 25.3 Å². The van der Waals surface area contributed by atoms with Crippen molar-refractivity contribution in [3.05, 3.63) is 0 Å². The molecule has 0 saturated heterocycles. The topological polar surface area (TPSA) is 32.3 Å². The van der Waals surface area contributed by atoms with Gasteiger partial charge in [0.2, 0.25) is 0 Å². The fraction of sp³-hybridized carbons (Fsp3) is 1.00. The van der Waals surface area contributed by atoms with E-state index < -0.39 is 0 Å². The maximum atomic E-state index is 9.06. The van der Waals surface area contributed by atoms with Gasteiger partial charge in [-0.25, -0.2) is 0 Å². The minimum atomic E-state index is -0.0239. The zero-order chi connectivity index (χ0) is 8.97. The van der Waals surface area contributed by atoms with Crippen molar-refractivity contribution >= 4 is 0 Å². The van der Waals surface area contributed by atoms with Gasteiger partial charge in [-0.2, -0.15) is 0 Å². The second kappa shape index (κ2) is 4.83. The second-order valence-electron chi connectivity index (χ2n) is 3.91. The van der Waals surface area contributed by atoms with Crippen LogP contribution in [0.2, 0.25) is 0 Å². The molecule has 0 radical (unpaired) electrons. The summed E-state index contributed by atoms with van der Waals surface area (Å²) in [5, 5.41) is 12.5. The highest BCUT2D eigenvalue weighted by atomic mass is 16.3. The van der Waals surface area contributed by atoms with E-state index in [1.165, 1.54) is 12.8 Å². The third-order valence-corrected chi connectivity index (χ3v) is 2.96. The summed E-state index contributed by atoms with van der Waals surface area (Å²) in [5.41, 5.74) is 0. The number of hydrogen-bond donors (Lipinski definition) is 2. The first-order valence-electron chi connectivity index (χ1n) is 5.17. The van der Waals surface area contributed by atoms with E-state index in [1.807, 2.05) is 0 Å². The van der Waals surface area contributed by atoms with Gasteiger partial charge in [0.1, 0.15) is 0 Å². The average molecular weight is 171 g/mol. The lowest BCUT2D eigenvalue weighted by atomic mass is 9.89. The summed E-state index contributed by atoms with van der Waals surface area (Å²) in [5.74, 6) is 0.822. The molecule has 0 unspecified atom stereocenters. The lowest BCUT2D eigenvalue weighted by Gasteiger charge is -2.33. The van der Waals surface area contributed by atoms with Crippen LogP contribution < -0.4 is 5.32 Å². The van der Waals surface area contributed by atoms with Gasteiger partial charge in [0.25, 0.3) is 0 Å². The number of hydrogen-bond acceptors (Lipinski definition) is 2. The van der Waals surface area contributed by atoms with Gasteiger partial charge in [0.05, 0.1) is 6.10 Å². The first-order chi connectivity index (χ1) is 5.76. The van der Waals surface area contributed by atoms with Gasteiger partial charge in [0, 0.05) is 6.04 Å². The van der Waals surface area contributed by atoms with Crippen LogP contribution in [0.4, 0.5) is 0 Å². The Morgan fingerprint density at radius 1 is 1.33 bits per heavy atom. The first-order valence-corrected chi connectivity index (χ1v) is 5.17. The summed E-state index contributed by atoms with van der Waals surface area (Å²) < 4.78 is 0.